The summed E-state index contributed by atoms with van der Waals surface area (Å²) in [5.74, 6) is 0.898. The van der Waals surface area contributed by atoms with Crippen molar-refractivity contribution in [3.8, 4) is 0 Å². The van der Waals surface area contributed by atoms with Crippen molar-refractivity contribution in [1.82, 2.24) is 4.90 Å². The highest BCUT2D eigenvalue weighted by Gasteiger charge is 2.22. The summed E-state index contributed by atoms with van der Waals surface area (Å²) >= 11 is 0. The van der Waals surface area contributed by atoms with E-state index in [2.05, 4.69) is 21.8 Å². The Morgan fingerprint density at radius 3 is 3.25 bits per heavy atom. The number of nitrogens with zero attached hydrogens (tertiary/aromatic N) is 1. The van der Waals surface area contributed by atoms with Crippen LogP contribution in [0.5, 0.6) is 0 Å². The maximum Gasteiger partial charge on any atom is 0.305 e. The molecule has 2 heterocycles. The fourth-order valence-corrected chi connectivity index (χ4v) is 2.59. The van der Waals surface area contributed by atoms with Gasteiger partial charge in [0.25, 0.3) is 0 Å². The zero-order chi connectivity index (χ0) is 14.2. The van der Waals surface area contributed by atoms with Gasteiger partial charge in [-0.1, -0.05) is 12.2 Å². The summed E-state index contributed by atoms with van der Waals surface area (Å²) in [7, 11) is 1.43. The van der Waals surface area contributed by atoms with Crippen LogP contribution in [0.2, 0.25) is 0 Å². The van der Waals surface area contributed by atoms with E-state index in [1.165, 1.54) is 20.0 Å². The molecule has 1 aromatic heterocycles. The van der Waals surface area contributed by atoms with E-state index in [1.807, 2.05) is 12.1 Å². The second-order valence-corrected chi connectivity index (χ2v) is 5.16. The van der Waals surface area contributed by atoms with Crippen molar-refractivity contribution in [1.29, 1.82) is 0 Å². The molecule has 0 saturated carbocycles. The standard InChI is InChI=1S/C16H23NO3/c1-19-16(18)10-4-2-3-7-14-8-5-11-17(14)13-15-9-6-12-20-15/h3,6-7,9,12,14H,2,4-5,8,10-11,13H2,1H3. The molecule has 1 saturated heterocycles. The first-order valence-corrected chi connectivity index (χ1v) is 7.29. The smallest absolute Gasteiger partial charge is 0.305 e. The molecule has 4 nitrogen and oxygen atoms in total. The molecule has 110 valence electrons. The largest absolute Gasteiger partial charge is 0.469 e. The van der Waals surface area contributed by atoms with Crippen LogP contribution >= 0.6 is 0 Å². The number of carbonyl (C=O) groups is 1. The molecule has 2 rings (SSSR count). The third kappa shape index (κ3) is 4.53. The van der Waals surface area contributed by atoms with Crippen molar-refractivity contribution in [2.45, 2.75) is 44.7 Å². The van der Waals surface area contributed by atoms with Gasteiger partial charge in [-0.2, -0.15) is 0 Å². The lowest BCUT2D eigenvalue weighted by Gasteiger charge is -2.20. The minimum absolute atomic E-state index is 0.126. The molecule has 4 heteroatoms. The highest BCUT2D eigenvalue weighted by molar-refractivity contribution is 5.69. The van der Waals surface area contributed by atoms with Crippen molar-refractivity contribution in [2.75, 3.05) is 13.7 Å². The van der Waals surface area contributed by atoms with Crippen LogP contribution < -0.4 is 0 Å². The second-order valence-electron chi connectivity index (χ2n) is 5.16. The molecule has 0 amide bonds. The van der Waals surface area contributed by atoms with Gasteiger partial charge < -0.3 is 9.15 Å². The zero-order valence-corrected chi connectivity index (χ0v) is 12.1. The predicted molar refractivity (Wildman–Crippen MR) is 77.1 cm³/mol. The molecule has 1 unspecified atom stereocenters. The highest BCUT2D eigenvalue weighted by Crippen LogP contribution is 2.21. The summed E-state index contributed by atoms with van der Waals surface area (Å²) in [6, 6.07) is 4.46. The summed E-state index contributed by atoms with van der Waals surface area (Å²) in [5.41, 5.74) is 0. The van der Waals surface area contributed by atoms with Gasteiger partial charge in [0.15, 0.2) is 0 Å². The van der Waals surface area contributed by atoms with Crippen molar-refractivity contribution in [3.05, 3.63) is 36.3 Å². The van der Waals surface area contributed by atoms with Crippen molar-refractivity contribution < 1.29 is 13.9 Å². The SMILES string of the molecule is COC(=O)CCCC=CC1CCCN1Cc1ccco1. The Bertz CT molecular complexity index is 425. The third-order valence-corrected chi connectivity index (χ3v) is 3.69. The molecule has 1 atom stereocenters. The van der Waals surface area contributed by atoms with Gasteiger partial charge in [0.1, 0.15) is 5.76 Å². The Morgan fingerprint density at radius 2 is 2.50 bits per heavy atom. The number of furan rings is 1. The van der Waals surface area contributed by atoms with Gasteiger partial charge in [0.2, 0.25) is 0 Å². The highest BCUT2D eigenvalue weighted by atomic mass is 16.5. The van der Waals surface area contributed by atoms with Crippen LogP contribution in [0.4, 0.5) is 0 Å². The van der Waals surface area contributed by atoms with Gasteiger partial charge >= 0.3 is 5.97 Å². The minimum Gasteiger partial charge on any atom is -0.469 e. The van der Waals surface area contributed by atoms with Crippen molar-refractivity contribution in [2.24, 2.45) is 0 Å². The molecule has 20 heavy (non-hydrogen) atoms. The van der Waals surface area contributed by atoms with E-state index < -0.39 is 0 Å². The number of allylic oxidation sites excluding steroid dienone is 1. The van der Waals surface area contributed by atoms with E-state index in [4.69, 9.17) is 4.42 Å². The normalized spacial score (nSPS) is 19.8. The van der Waals surface area contributed by atoms with E-state index >= 15 is 0 Å². The lowest BCUT2D eigenvalue weighted by molar-refractivity contribution is -0.140. The molecule has 0 spiro atoms. The molecule has 0 radical (unpaired) electrons. The number of hydrogen-bond acceptors (Lipinski definition) is 4. The average molecular weight is 277 g/mol. The predicted octanol–water partition coefficient (Wildman–Crippen LogP) is 3.14. The lowest BCUT2D eigenvalue weighted by Crippen LogP contribution is -2.26. The summed E-state index contributed by atoms with van der Waals surface area (Å²) in [6.07, 6.45) is 10.9. The first-order chi connectivity index (χ1) is 9.79. The quantitative estimate of drug-likeness (QED) is 0.436. The fraction of sp³-hybridized carbons (Fsp3) is 0.562. The maximum atomic E-state index is 11.0. The number of unbranched alkanes of at least 4 members (excludes halogenated alkanes) is 1. The number of esters is 1. The van der Waals surface area contributed by atoms with E-state index in [1.54, 1.807) is 6.26 Å². The first-order valence-electron chi connectivity index (χ1n) is 7.29. The summed E-state index contributed by atoms with van der Waals surface area (Å²) in [5, 5.41) is 0. The lowest BCUT2D eigenvalue weighted by atomic mass is 10.1. The Kier molecular flexibility index (Phi) is 5.87. The van der Waals surface area contributed by atoms with Crippen LogP contribution in [-0.2, 0) is 16.1 Å². The number of carbonyl (C=O) groups excluding carboxylic acids is 1. The molecule has 0 N–H and O–H groups in total. The summed E-state index contributed by atoms with van der Waals surface area (Å²) in [6.45, 7) is 2.00. The number of methoxy groups -OCH3 is 1. The molecular formula is C16H23NO3. The van der Waals surface area contributed by atoms with Crippen LogP contribution in [0.25, 0.3) is 0 Å². The van der Waals surface area contributed by atoms with Crippen LogP contribution in [0.3, 0.4) is 0 Å². The van der Waals surface area contributed by atoms with E-state index in [0.717, 1.165) is 31.7 Å². The number of ether oxygens (including phenoxy) is 1. The summed E-state index contributed by atoms with van der Waals surface area (Å²) in [4.78, 5) is 13.4. The molecule has 1 aliphatic rings. The maximum absolute atomic E-state index is 11.0. The zero-order valence-electron chi connectivity index (χ0n) is 12.1. The van der Waals surface area contributed by atoms with Gasteiger partial charge in [0.05, 0.1) is 19.9 Å². The van der Waals surface area contributed by atoms with Crippen LogP contribution in [0, 0.1) is 0 Å². The van der Waals surface area contributed by atoms with Crippen LogP contribution in [-0.4, -0.2) is 30.6 Å². The molecule has 1 fully saturated rings. The monoisotopic (exact) mass is 277 g/mol. The van der Waals surface area contributed by atoms with Gasteiger partial charge in [-0.05, 0) is 44.4 Å². The van der Waals surface area contributed by atoms with Crippen LogP contribution in [0.1, 0.15) is 37.9 Å². The Morgan fingerprint density at radius 1 is 1.60 bits per heavy atom. The third-order valence-electron chi connectivity index (χ3n) is 3.69. The van der Waals surface area contributed by atoms with Gasteiger partial charge in [-0.25, -0.2) is 0 Å². The first kappa shape index (κ1) is 14.9. The molecule has 0 bridgehead atoms. The van der Waals surface area contributed by atoms with E-state index in [-0.39, 0.29) is 5.97 Å². The Hall–Kier alpha value is -1.55. The van der Waals surface area contributed by atoms with Gasteiger partial charge in [0, 0.05) is 12.5 Å². The van der Waals surface area contributed by atoms with E-state index in [9.17, 15) is 4.79 Å². The topological polar surface area (TPSA) is 42.7 Å². The molecule has 1 aliphatic heterocycles. The number of likely N-dealkylation sites (tertiary alicyclic amines) is 1. The summed E-state index contributed by atoms with van der Waals surface area (Å²) < 4.78 is 10.0. The Labute approximate surface area is 120 Å². The number of hydrogen-bond donors (Lipinski definition) is 0. The molecular weight excluding hydrogens is 254 g/mol. The molecule has 0 aliphatic carbocycles. The van der Waals surface area contributed by atoms with Crippen molar-refractivity contribution >= 4 is 5.97 Å². The average Bonchev–Trinajstić information content (AvgIpc) is 3.11. The van der Waals surface area contributed by atoms with Crippen LogP contribution in [0.15, 0.2) is 35.0 Å². The number of rotatable bonds is 7. The second kappa shape index (κ2) is 7.90. The minimum atomic E-state index is -0.126. The fourth-order valence-electron chi connectivity index (χ4n) is 2.59. The molecule has 0 aromatic carbocycles. The van der Waals surface area contributed by atoms with Gasteiger partial charge in [-0.3, -0.25) is 9.69 Å². The Balaban J connectivity index is 1.72. The van der Waals surface area contributed by atoms with Crippen molar-refractivity contribution in [3.63, 3.8) is 0 Å². The van der Waals surface area contributed by atoms with E-state index in [0.29, 0.717) is 12.5 Å². The molecule has 1 aromatic rings. The van der Waals surface area contributed by atoms with Gasteiger partial charge in [-0.15, -0.1) is 0 Å².